The fourth-order valence-electron chi connectivity index (χ4n) is 5.40. The first kappa shape index (κ1) is 17.0. The van der Waals surface area contributed by atoms with Crippen LogP contribution in [0.1, 0.15) is 48.4 Å². The third kappa shape index (κ3) is 2.33. The van der Waals surface area contributed by atoms with Crippen molar-refractivity contribution in [3.8, 4) is 0 Å². The minimum Gasteiger partial charge on any atom is -0.390 e. The summed E-state index contributed by atoms with van der Waals surface area (Å²) in [4.78, 5) is 15.3. The summed E-state index contributed by atoms with van der Waals surface area (Å²) in [7, 11) is 0. The summed E-state index contributed by atoms with van der Waals surface area (Å²) in [6.45, 7) is 1.37. The number of fused-ring (bicyclic) bond motifs is 2. The molecule has 1 spiro atoms. The molecule has 2 aromatic carbocycles. The van der Waals surface area contributed by atoms with E-state index in [0.29, 0.717) is 13.1 Å². The number of aliphatic hydroxyl groups excluding tert-OH is 1. The predicted octanol–water partition coefficient (Wildman–Crippen LogP) is 2.65. The first-order valence-electron chi connectivity index (χ1n) is 9.96. The highest BCUT2D eigenvalue weighted by atomic mass is 16.3. The average Bonchev–Trinajstić information content (AvgIpc) is 3.52. The van der Waals surface area contributed by atoms with Gasteiger partial charge in [0.25, 0.3) is 0 Å². The number of carbonyl (C=O) groups is 1. The second kappa shape index (κ2) is 5.91. The number of piperidine rings is 1. The first-order chi connectivity index (χ1) is 13.1. The van der Waals surface area contributed by atoms with E-state index in [-0.39, 0.29) is 22.8 Å². The van der Waals surface area contributed by atoms with Gasteiger partial charge in [-0.1, -0.05) is 54.6 Å². The van der Waals surface area contributed by atoms with Gasteiger partial charge in [-0.2, -0.15) is 0 Å². The Bertz CT molecular complexity index is 867. The summed E-state index contributed by atoms with van der Waals surface area (Å²) in [5.74, 6) is 0.258. The van der Waals surface area contributed by atoms with Gasteiger partial charge in [-0.25, -0.2) is 0 Å². The summed E-state index contributed by atoms with van der Waals surface area (Å²) >= 11 is 0. The van der Waals surface area contributed by atoms with E-state index in [0.717, 1.165) is 36.8 Å². The van der Waals surface area contributed by atoms with Gasteiger partial charge < -0.3 is 15.7 Å². The largest absolute Gasteiger partial charge is 0.390 e. The fourth-order valence-corrected chi connectivity index (χ4v) is 5.40. The smallest absolute Gasteiger partial charge is 0.233 e. The van der Waals surface area contributed by atoms with E-state index in [1.807, 2.05) is 41.3 Å². The molecule has 1 saturated heterocycles. The van der Waals surface area contributed by atoms with Crippen LogP contribution in [0.25, 0.3) is 0 Å². The molecule has 3 aliphatic rings. The number of nitrogens with zero attached hydrogens (tertiary/aromatic N) is 1. The van der Waals surface area contributed by atoms with Crippen LogP contribution in [0.15, 0.2) is 54.6 Å². The molecular weight excluding hydrogens is 336 g/mol. The molecule has 0 aromatic heterocycles. The summed E-state index contributed by atoms with van der Waals surface area (Å²) in [5.41, 5.74) is 9.08. The number of nitrogens with two attached hydrogens (primary N) is 1. The van der Waals surface area contributed by atoms with Crippen LogP contribution >= 0.6 is 0 Å². The molecule has 1 saturated carbocycles. The lowest BCUT2D eigenvalue weighted by atomic mass is 9.71. The van der Waals surface area contributed by atoms with Crippen LogP contribution in [0.5, 0.6) is 0 Å². The molecule has 2 fully saturated rings. The molecule has 27 heavy (non-hydrogen) atoms. The van der Waals surface area contributed by atoms with Gasteiger partial charge in [0, 0.05) is 18.5 Å². The van der Waals surface area contributed by atoms with Crippen LogP contribution in [0.3, 0.4) is 0 Å². The van der Waals surface area contributed by atoms with E-state index < -0.39 is 6.10 Å². The highest BCUT2D eigenvalue weighted by molar-refractivity contribution is 5.91. The Morgan fingerprint density at radius 2 is 1.59 bits per heavy atom. The van der Waals surface area contributed by atoms with E-state index in [1.54, 1.807) is 0 Å². The van der Waals surface area contributed by atoms with Crippen molar-refractivity contribution >= 4 is 5.91 Å². The van der Waals surface area contributed by atoms with Crippen LogP contribution in [0, 0.1) is 0 Å². The van der Waals surface area contributed by atoms with Crippen molar-refractivity contribution < 1.29 is 9.90 Å². The maximum Gasteiger partial charge on any atom is 0.233 e. The molecule has 1 aliphatic heterocycles. The molecule has 0 unspecified atom stereocenters. The molecule has 3 N–H and O–H groups in total. The SMILES string of the molecule is N[C@H]1c2ccccc2C2(CCN(C(=O)C3(c4ccccc4)CC3)CC2)[C@@H]1O. The number of hydrogen-bond donors (Lipinski definition) is 2. The van der Waals surface area contributed by atoms with Crippen molar-refractivity contribution in [3.63, 3.8) is 0 Å². The Balaban J connectivity index is 1.38. The van der Waals surface area contributed by atoms with Crippen LogP contribution in [0.2, 0.25) is 0 Å². The van der Waals surface area contributed by atoms with Gasteiger partial charge in [-0.15, -0.1) is 0 Å². The zero-order valence-corrected chi connectivity index (χ0v) is 15.5. The predicted molar refractivity (Wildman–Crippen MR) is 104 cm³/mol. The molecule has 2 aliphatic carbocycles. The lowest BCUT2D eigenvalue weighted by Gasteiger charge is -2.43. The molecule has 4 heteroatoms. The molecule has 0 radical (unpaired) electrons. The van der Waals surface area contributed by atoms with Crippen molar-refractivity contribution in [1.82, 2.24) is 4.90 Å². The van der Waals surface area contributed by atoms with Crippen molar-refractivity contribution in [2.75, 3.05) is 13.1 Å². The maximum atomic E-state index is 13.3. The molecular formula is C23H26N2O2. The number of likely N-dealkylation sites (tertiary alicyclic amines) is 1. The van der Waals surface area contributed by atoms with Crippen molar-refractivity contribution in [1.29, 1.82) is 0 Å². The topological polar surface area (TPSA) is 66.6 Å². The van der Waals surface area contributed by atoms with Crippen molar-refractivity contribution in [2.24, 2.45) is 5.73 Å². The van der Waals surface area contributed by atoms with Gasteiger partial charge in [0.1, 0.15) is 0 Å². The Kier molecular flexibility index (Phi) is 3.72. The van der Waals surface area contributed by atoms with Gasteiger partial charge in [0.05, 0.1) is 17.6 Å². The molecule has 1 heterocycles. The molecule has 140 valence electrons. The number of amides is 1. The highest BCUT2D eigenvalue weighted by Crippen LogP contribution is 2.53. The molecule has 0 bridgehead atoms. The number of aliphatic hydroxyl groups is 1. The zero-order chi connectivity index (χ0) is 18.6. The second-order valence-corrected chi connectivity index (χ2v) is 8.45. The van der Waals surface area contributed by atoms with Crippen LogP contribution in [-0.4, -0.2) is 35.1 Å². The Morgan fingerprint density at radius 3 is 2.26 bits per heavy atom. The van der Waals surface area contributed by atoms with Crippen LogP contribution in [0.4, 0.5) is 0 Å². The lowest BCUT2D eigenvalue weighted by Crippen LogP contribution is -2.52. The summed E-state index contributed by atoms with van der Waals surface area (Å²) in [6.07, 6.45) is 2.85. The minimum atomic E-state index is -0.573. The maximum absolute atomic E-state index is 13.3. The van der Waals surface area contributed by atoms with Crippen molar-refractivity contribution in [2.45, 2.75) is 48.7 Å². The number of hydrogen-bond acceptors (Lipinski definition) is 3. The van der Waals surface area contributed by atoms with E-state index in [4.69, 9.17) is 5.73 Å². The van der Waals surface area contributed by atoms with Gasteiger partial charge >= 0.3 is 0 Å². The standard InChI is InChI=1S/C23H26N2O2/c24-19-17-8-4-5-9-18(17)23(20(19)26)12-14-25(15-13-23)21(27)22(10-11-22)16-6-2-1-3-7-16/h1-9,19-20,26H,10-15,24H2/t19-,20+/m0/s1. The summed E-state index contributed by atoms with van der Waals surface area (Å²) < 4.78 is 0. The molecule has 5 rings (SSSR count). The second-order valence-electron chi connectivity index (χ2n) is 8.45. The number of benzene rings is 2. The average molecular weight is 362 g/mol. The van der Waals surface area contributed by atoms with Gasteiger partial charge in [-0.05, 0) is 42.4 Å². The van der Waals surface area contributed by atoms with Crippen LogP contribution < -0.4 is 5.73 Å². The third-order valence-electron chi connectivity index (χ3n) is 7.19. The van der Waals surface area contributed by atoms with E-state index in [1.165, 1.54) is 5.56 Å². The van der Waals surface area contributed by atoms with Gasteiger partial charge in [-0.3, -0.25) is 4.79 Å². The van der Waals surface area contributed by atoms with Gasteiger partial charge in [0.2, 0.25) is 5.91 Å². The monoisotopic (exact) mass is 362 g/mol. The van der Waals surface area contributed by atoms with Gasteiger partial charge in [0.15, 0.2) is 0 Å². The summed E-state index contributed by atoms with van der Waals surface area (Å²) in [6, 6.07) is 18.0. The Hall–Kier alpha value is -2.17. The van der Waals surface area contributed by atoms with E-state index in [9.17, 15) is 9.90 Å². The normalized spacial score (nSPS) is 27.4. The number of carbonyl (C=O) groups excluding carboxylic acids is 1. The fraction of sp³-hybridized carbons (Fsp3) is 0.435. The van der Waals surface area contributed by atoms with Crippen LogP contribution in [-0.2, 0) is 15.6 Å². The number of rotatable bonds is 2. The van der Waals surface area contributed by atoms with E-state index in [2.05, 4.69) is 18.2 Å². The molecule has 4 nitrogen and oxygen atoms in total. The molecule has 2 atom stereocenters. The van der Waals surface area contributed by atoms with E-state index >= 15 is 0 Å². The Morgan fingerprint density at radius 1 is 0.963 bits per heavy atom. The van der Waals surface area contributed by atoms with Crippen molar-refractivity contribution in [3.05, 3.63) is 71.3 Å². The minimum absolute atomic E-state index is 0.258. The zero-order valence-electron chi connectivity index (χ0n) is 15.5. The molecule has 1 amide bonds. The lowest BCUT2D eigenvalue weighted by molar-refractivity contribution is -0.136. The summed E-state index contributed by atoms with van der Waals surface area (Å²) in [5, 5.41) is 10.9. The highest BCUT2D eigenvalue weighted by Gasteiger charge is 2.56. The quantitative estimate of drug-likeness (QED) is 0.863. The first-order valence-corrected chi connectivity index (χ1v) is 9.96. The Labute approximate surface area is 160 Å². The third-order valence-corrected chi connectivity index (χ3v) is 7.19. The molecule has 2 aromatic rings.